The average Bonchev–Trinajstić information content (AvgIpc) is 2.74. The molecule has 104 valence electrons. The average molecular weight is 259 g/mol. The van der Waals surface area contributed by atoms with Crippen LogP contribution < -0.4 is 5.32 Å². The number of aromatic nitrogens is 2. The molecular formula is C16H25N3. The van der Waals surface area contributed by atoms with E-state index in [-0.39, 0.29) is 0 Å². The van der Waals surface area contributed by atoms with Crippen LogP contribution in [0.2, 0.25) is 0 Å². The Bertz CT molecular complexity index is 528. The first-order valence-electron chi connectivity index (χ1n) is 7.36. The second kappa shape index (κ2) is 6.71. The first-order chi connectivity index (χ1) is 9.26. The number of likely N-dealkylation sites (N-methyl/N-ethyl adjacent to an activating group) is 1. The number of benzene rings is 1. The van der Waals surface area contributed by atoms with E-state index in [1.54, 1.807) is 0 Å². The van der Waals surface area contributed by atoms with E-state index >= 15 is 0 Å². The lowest BCUT2D eigenvalue weighted by Gasteiger charge is -2.08. The van der Waals surface area contributed by atoms with Crippen molar-refractivity contribution in [2.45, 2.75) is 46.1 Å². The van der Waals surface area contributed by atoms with E-state index in [1.165, 1.54) is 36.2 Å². The summed E-state index contributed by atoms with van der Waals surface area (Å²) in [6.45, 7) is 6.45. The lowest BCUT2D eigenvalue weighted by Crippen LogP contribution is -2.14. The maximum Gasteiger partial charge on any atom is 0.111 e. The second-order valence-corrected chi connectivity index (χ2v) is 5.23. The Kier molecular flexibility index (Phi) is 4.97. The molecule has 0 aliphatic rings. The molecule has 0 aliphatic heterocycles. The summed E-state index contributed by atoms with van der Waals surface area (Å²) in [4.78, 5) is 4.81. The van der Waals surface area contributed by atoms with Gasteiger partial charge in [0.2, 0.25) is 0 Å². The summed E-state index contributed by atoms with van der Waals surface area (Å²) in [7, 11) is 1.99. The van der Waals surface area contributed by atoms with Crippen LogP contribution >= 0.6 is 0 Å². The van der Waals surface area contributed by atoms with Crippen molar-refractivity contribution in [2.75, 3.05) is 13.6 Å². The van der Waals surface area contributed by atoms with Crippen LogP contribution in [0.25, 0.3) is 11.0 Å². The molecule has 0 bridgehead atoms. The van der Waals surface area contributed by atoms with Gasteiger partial charge in [-0.3, -0.25) is 0 Å². The lowest BCUT2D eigenvalue weighted by molar-refractivity contribution is 0.585. The quantitative estimate of drug-likeness (QED) is 0.773. The van der Waals surface area contributed by atoms with Crippen LogP contribution in [-0.4, -0.2) is 23.1 Å². The Morgan fingerprint density at radius 2 is 2.11 bits per heavy atom. The SMILES string of the molecule is CCCCCn1c(CCNC)nc2cc(C)ccc21. The number of imidazole rings is 1. The number of hydrogen-bond acceptors (Lipinski definition) is 2. The number of unbranched alkanes of at least 4 members (excludes halogenated alkanes) is 2. The zero-order valence-electron chi connectivity index (χ0n) is 12.4. The highest BCUT2D eigenvalue weighted by Crippen LogP contribution is 2.19. The van der Waals surface area contributed by atoms with E-state index in [1.807, 2.05) is 7.05 Å². The van der Waals surface area contributed by atoms with Crippen LogP contribution in [0.1, 0.15) is 37.6 Å². The fourth-order valence-corrected chi connectivity index (χ4v) is 2.49. The predicted molar refractivity (Wildman–Crippen MR) is 81.6 cm³/mol. The summed E-state index contributed by atoms with van der Waals surface area (Å²) in [6, 6.07) is 6.59. The van der Waals surface area contributed by atoms with E-state index in [4.69, 9.17) is 4.98 Å². The van der Waals surface area contributed by atoms with Crippen LogP contribution in [0.15, 0.2) is 18.2 Å². The first-order valence-corrected chi connectivity index (χ1v) is 7.36. The number of aryl methyl sites for hydroxylation is 2. The third-order valence-corrected chi connectivity index (χ3v) is 3.57. The maximum atomic E-state index is 4.81. The van der Waals surface area contributed by atoms with E-state index in [0.29, 0.717) is 0 Å². The van der Waals surface area contributed by atoms with E-state index in [0.717, 1.165) is 25.0 Å². The van der Waals surface area contributed by atoms with Crippen molar-refractivity contribution in [3.63, 3.8) is 0 Å². The third kappa shape index (κ3) is 3.35. The van der Waals surface area contributed by atoms with Gasteiger partial charge in [-0.15, -0.1) is 0 Å². The summed E-state index contributed by atoms with van der Waals surface area (Å²) < 4.78 is 2.40. The molecule has 0 atom stereocenters. The molecular weight excluding hydrogens is 234 g/mol. The zero-order valence-corrected chi connectivity index (χ0v) is 12.4. The minimum atomic E-state index is 0.982. The van der Waals surface area contributed by atoms with Crippen LogP contribution in [0, 0.1) is 6.92 Å². The van der Waals surface area contributed by atoms with Gasteiger partial charge in [0, 0.05) is 19.5 Å². The van der Waals surface area contributed by atoms with Gasteiger partial charge in [-0.25, -0.2) is 4.98 Å². The Hall–Kier alpha value is -1.35. The monoisotopic (exact) mass is 259 g/mol. The highest BCUT2D eigenvalue weighted by atomic mass is 15.1. The van der Waals surface area contributed by atoms with Crippen LogP contribution in [0.5, 0.6) is 0 Å². The Morgan fingerprint density at radius 1 is 1.26 bits per heavy atom. The smallest absolute Gasteiger partial charge is 0.111 e. The number of nitrogens with one attached hydrogen (secondary N) is 1. The number of hydrogen-bond donors (Lipinski definition) is 1. The summed E-state index contributed by atoms with van der Waals surface area (Å²) in [6.07, 6.45) is 4.79. The highest BCUT2D eigenvalue weighted by molar-refractivity contribution is 5.76. The number of nitrogens with zero attached hydrogens (tertiary/aromatic N) is 2. The van der Waals surface area contributed by atoms with Gasteiger partial charge >= 0.3 is 0 Å². The second-order valence-electron chi connectivity index (χ2n) is 5.23. The minimum absolute atomic E-state index is 0.982. The molecule has 1 aromatic carbocycles. The maximum absolute atomic E-state index is 4.81. The largest absolute Gasteiger partial charge is 0.328 e. The van der Waals surface area contributed by atoms with Gasteiger partial charge < -0.3 is 9.88 Å². The molecule has 1 N–H and O–H groups in total. The molecule has 0 saturated carbocycles. The molecule has 0 fully saturated rings. The number of fused-ring (bicyclic) bond motifs is 1. The van der Waals surface area contributed by atoms with Crippen molar-refractivity contribution in [1.29, 1.82) is 0 Å². The van der Waals surface area contributed by atoms with E-state index in [2.05, 4.69) is 41.9 Å². The molecule has 3 heteroatoms. The lowest BCUT2D eigenvalue weighted by atomic mass is 10.2. The fourth-order valence-electron chi connectivity index (χ4n) is 2.49. The molecule has 0 unspecified atom stereocenters. The van der Waals surface area contributed by atoms with E-state index < -0.39 is 0 Å². The van der Waals surface area contributed by atoms with Crippen LogP contribution in [-0.2, 0) is 13.0 Å². The van der Waals surface area contributed by atoms with Gasteiger partial charge in [0.05, 0.1) is 11.0 Å². The molecule has 1 aromatic heterocycles. The molecule has 19 heavy (non-hydrogen) atoms. The zero-order chi connectivity index (χ0) is 13.7. The van der Waals surface area contributed by atoms with Gasteiger partial charge in [0.1, 0.15) is 5.82 Å². The summed E-state index contributed by atoms with van der Waals surface area (Å²) in [5.74, 6) is 1.21. The Labute approximate surface area is 116 Å². The molecule has 0 saturated heterocycles. The molecule has 2 aromatic rings. The van der Waals surface area contributed by atoms with Gasteiger partial charge in [0.25, 0.3) is 0 Å². The normalized spacial score (nSPS) is 11.3. The summed E-state index contributed by atoms with van der Waals surface area (Å²) in [5, 5.41) is 3.21. The van der Waals surface area contributed by atoms with Gasteiger partial charge in [-0.2, -0.15) is 0 Å². The standard InChI is InChI=1S/C16H25N3/c1-4-5-6-11-19-15-8-7-13(2)12-14(15)18-16(19)9-10-17-3/h7-8,12,17H,4-6,9-11H2,1-3H3. The van der Waals surface area contributed by atoms with Crippen molar-refractivity contribution in [1.82, 2.24) is 14.9 Å². The summed E-state index contributed by atoms with van der Waals surface area (Å²) in [5.41, 5.74) is 3.71. The molecule has 0 aliphatic carbocycles. The van der Waals surface area contributed by atoms with Crippen molar-refractivity contribution >= 4 is 11.0 Å². The molecule has 2 rings (SSSR count). The van der Waals surface area contributed by atoms with Crippen molar-refractivity contribution in [2.24, 2.45) is 0 Å². The number of rotatable bonds is 7. The third-order valence-electron chi connectivity index (χ3n) is 3.57. The van der Waals surface area contributed by atoms with Gasteiger partial charge in [-0.1, -0.05) is 25.8 Å². The molecule has 3 nitrogen and oxygen atoms in total. The van der Waals surface area contributed by atoms with Crippen molar-refractivity contribution < 1.29 is 0 Å². The predicted octanol–water partition coefficient (Wildman–Crippen LogP) is 3.30. The highest BCUT2D eigenvalue weighted by Gasteiger charge is 2.10. The molecule has 0 radical (unpaired) electrons. The van der Waals surface area contributed by atoms with Crippen LogP contribution in [0.4, 0.5) is 0 Å². The Morgan fingerprint density at radius 3 is 2.84 bits per heavy atom. The van der Waals surface area contributed by atoms with Crippen molar-refractivity contribution in [3.05, 3.63) is 29.6 Å². The molecule has 0 spiro atoms. The van der Waals surface area contributed by atoms with E-state index in [9.17, 15) is 0 Å². The Balaban J connectivity index is 2.31. The van der Waals surface area contributed by atoms with Gasteiger partial charge in [0.15, 0.2) is 0 Å². The summed E-state index contributed by atoms with van der Waals surface area (Å²) >= 11 is 0. The van der Waals surface area contributed by atoms with Gasteiger partial charge in [-0.05, 0) is 38.1 Å². The van der Waals surface area contributed by atoms with Crippen LogP contribution in [0.3, 0.4) is 0 Å². The molecule has 1 heterocycles. The first kappa shape index (κ1) is 14.1. The topological polar surface area (TPSA) is 29.9 Å². The van der Waals surface area contributed by atoms with Crippen molar-refractivity contribution in [3.8, 4) is 0 Å². The molecule has 0 amide bonds. The fraction of sp³-hybridized carbons (Fsp3) is 0.562. The minimum Gasteiger partial charge on any atom is -0.328 e.